The van der Waals surface area contributed by atoms with Crippen molar-refractivity contribution in [3.8, 4) is 0 Å². The van der Waals surface area contributed by atoms with Gasteiger partial charge in [0.2, 0.25) is 0 Å². The monoisotopic (exact) mass is 194 g/mol. The van der Waals surface area contributed by atoms with Gasteiger partial charge in [0.1, 0.15) is 0 Å². The van der Waals surface area contributed by atoms with Crippen molar-refractivity contribution in [3.05, 3.63) is 0 Å². The van der Waals surface area contributed by atoms with Gasteiger partial charge in [0.15, 0.2) is 6.67 Å². The van der Waals surface area contributed by atoms with Crippen LogP contribution in [-0.4, -0.2) is 26.5 Å². The molecule has 0 amide bonds. The van der Waals surface area contributed by atoms with Crippen LogP contribution in [-0.2, 0) is 4.79 Å². The third-order valence-electron chi connectivity index (χ3n) is 1.85. The van der Waals surface area contributed by atoms with Crippen molar-refractivity contribution in [2.45, 2.75) is 38.9 Å². The van der Waals surface area contributed by atoms with Gasteiger partial charge in [-0.25, -0.2) is 9.18 Å². The van der Waals surface area contributed by atoms with Gasteiger partial charge < -0.3 is 5.11 Å². The van der Waals surface area contributed by atoms with Gasteiger partial charge in [-0.1, -0.05) is 38.9 Å². The van der Waals surface area contributed by atoms with E-state index in [9.17, 15) is 4.39 Å². The van der Waals surface area contributed by atoms with Crippen molar-refractivity contribution in [1.29, 1.82) is 0 Å². The molecule has 0 saturated carbocycles. The molecule has 0 aromatic rings. The van der Waals surface area contributed by atoms with Gasteiger partial charge >= 0.3 is 5.97 Å². The second-order valence-corrected chi connectivity index (χ2v) is 6.80. The molecule has 0 aromatic carbocycles. The molecule has 0 saturated heterocycles. The van der Waals surface area contributed by atoms with Crippen LogP contribution in [0.3, 0.4) is 0 Å². The predicted octanol–water partition coefficient (Wildman–Crippen LogP) is 2.31. The van der Waals surface area contributed by atoms with Gasteiger partial charge in [0.05, 0.1) is 0 Å². The number of carboxylic acids is 1. The molecule has 0 unspecified atom stereocenters. The molecule has 0 bridgehead atoms. The first-order valence-corrected chi connectivity index (χ1v) is 6.84. The van der Waals surface area contributed by atoms with E-state index in [1.165, 1.54) is 18.1 Å². The van der Waals surface area contributed by atoms with Gasteiger partial charge in [-0.3, -0.25) is 0 Å². The maximum absolute atomic E-state index is 10.5. The summed E-state index contributed by atoms with van der Waals surface area (Å²) < 4.78 is 10.5. The maximum Gasteiger partial charge on any atom is 0.335 e. The van der Waals surface area contributed by atoms with E-state index in [0.29, 0.717) is 0 Å². The zero-order chi connectivity index (χ0) is 9.98. The molecule has 0 rings (SSSR count). The lowest BCUT2D eigenvalue weighted by Gasteiger charge is -2.03. The van der Waals surface area contributed by atoms with E-state index < -0.39 is 12.6 Å². The smallest absolute Gasteiger partial charge is 0.335 e. The highest BCUT2D eigenvalue weighted by molar-refractivity contribution is 6.58. The Morgan fingerprint density at radius 2 is 1.50 bits per heavy atom. The highest BCUT2D eigenvalue weighted by Crippen LogP contribution is 2.01. The first kappa shape index (κ1) is 14.2. The quantitative estimate of drug-likeness (QED) is 0.697. The number of carboxylic acid groups (broad SMARTS) is 1. The van der Waals surface area contributed by atoms with E-state index in [-0.39, 0.29) is 8.80 Å². The SMILES string of the molecule is CC[SiH](CC)CC.O=C(O)CF. The van der Waals surface area contributed by atoms with Gasteiger partial charge in [0.25, 0.3) is 0 Å². The van der Waals surface area contributed by atoms with E-state index in [0.717, 1.165) is 0 Å². The summed E-state index contributed by atoms with van der Waals surface area (Å²) in [6.07, 6.45) is 0. The van der Waals surface area contributed by atoms with Gasteiger partial charge in [-0.2, -0.15) is 0 Å². The molecule has 2 nitrogen and oxygen atoms in total. The molecule has 0 heterocycles. The number of alkyl halides is 1. The summed E-state index contributed by atoms with van der Waals surface area (Å²) in [7, 11) is -0.171. The summed E-state index contributed by atoms with van der Waals surface area (Å²) in [5.41, 5.74) is 0. The van der Waals surface area contributed by atoms with Crippen molar-refractivity contribution in [2.75, 3.05) is 6.67 Å². The largest absolute Gasteiger partial charge is 0.479 e. The van der Waals surface area contributed by atoms with Crippen LogP contribution in [0.4, 0.5) is 4.39 Å². The molecule has 0 aliphatic heterocycles. The molecule has 0 aliphatic rings. The van der Waals surface area contributed by atoms with Crippen molar-refractivity contribution in [1.82, 2.24) is 0 Å². The molecular formula is C8H19FO2Si. The fraction of sp³-hybridized carbons (Fsp3) is 0.875. The van der Waals surface area contributed by atoms with E-state index >= 15 is 0 Å². The number of aliphatic carboxylic acids is 1. The lowest BCUT2D eigenvalue weighted by molar-refractivity contribution is -0.137. The molecule has 0 aliphatic carbocycles. The fourth-order valence-corrected chi connectivity index (χ4v) is 2.60. The van der Waals surface area contributed by atoms with Crippen LogP contribution in [0.5, 0.6) is 0 Å². The summed E-state index contributed by atoms with van der Waals surface area (Å²) in [5.74, 6) is -1.41. The first-order chi connectivity index (χ1) is 5.62. The Bertz CT molecular complexity index is 99.7. The number of hydrogen-bond acceptors (Lipinski definition) is 1. The predicted molar refractivity (Wildman–Crippen MR) is 52.2 cm³/mol. The third-order valence-corrected chi connectivity index (χ3v) is 5.31. The number of rotatable bonds is 4. The zero-order valence-corrected chi connectivity index (χ0v) is 9.29. The zero-order valence-electron chi connectivity index (χ0n) is 8.14. The second-order valence-electron chi connectivity index (χ2n) is 2.62. The summed E-state index contributed by atoms with van der Waals surface area (Å²) >= 11 is 0. The molecular weight excluding hydrogens is 175 g/mol. The van der Waals surface area contributed by atoms with Crippen molar-refractivity contribution < 1.29 is 14.3 Å². The van der Waals surface area contributed by atoms with Crippen molar-refractivity contribution >= 4 is 14.8 Å². The van der Waals surface area contributed by atoms with E-state index in [1.807, 2.05) is 0 Å². The van der Waals surface area contributed by atoms with E-state index in [4.69, 9.17) is 9.90 Å². The van der Waals surface area contributed by atoms with E-state index in [1.54, 1.807) is 0 Å². The number of carbonyl (C=O) groups is 1. The minimum atomic E-state index is -1.41. The van der Waals surface area contributed by atoms with Crippen molar-refractivity contribution in [3.63, 3.8) is 0 Å². The van der Waals surface area contributed by atoms with Crippen LogP contribution in [0.15, 0.2) is 0 Å². The van der Waals surface area contributed by atoms with Gasteiger partial charge in [-0.15, -0.1) is 0 Å². The Morgan fingerprint density at radius 1 is 1.25 bits per heavy atom. The normalized spacial score (nSPS) is 9.08. The van der Waals surface area contributed by atoms with E-state index in [2.05, 4.69) is 20.8 Å². The molecule has 0 atom stereocenters. The number of hydrogen-bond donors (Lipinski definition) is 1. The Balaban J connectivity index is 0. The highest BCUT2D eigenvalue weighted by Gasteiger charge is 1.98. The van der Waals surface area contributed by atoms with Gasteiger partial charge in [-0.05, 0) is 0 Å². The van der Waals surface area contributed by atoms with Crippen LogP contribution in [0.1, 0.15) is 20.8 Å². The van der Waals surface area contributed by atoms with Crippen LogP contribution in [0, 0.1) is 0 Å². The first-order valence-electron chi connectivity index (χ1n) is 4.39. The average Bonchev–Trinajstić information content (AvgIpc) is 2.09. The minimum absolute atomic E-state index is 0.171. The van der Waals surface area contributed by atoms with Crippen LogP contribution < -0.4 is 0 Å². The summed E-state index contributed by atoms with van der Waals surface area (Å²) in [6.45, 7) is 5.69. The maximum atomic E-state index is 10.5. The Kier molecular flexibility index (Phi) is 12.5. The van der Waals surface area contributed by atoms with Crippen LogP contribution in [0.25, 0.3) is 0 Å². The highest BCUT2D eigenvalue weighted by atomic mass is 28.3. The van der Waals surface area contributed by atoms with Crippen LogP contribution >= 0.6 is 0 Å². The lowest BCUT2D eigenvalue weighted by Crippen LogP contribution is -2.04. The summed E-state index contributed by atoms with van der Waals surface area (Å²) in [6, 6.07) is 4.48. The standard InChI is InChI=1S/C6H16Si.C2H3FO2/c1-4-7(5-2)6-3;3-1-2(4)5/h7H,4-6H2,1-3H3;1H2,(H,4,5). The molecule has 1 N–H and O–H groups in total. The molecule has 0 spiro atoms. The molecule has 74 valence electrons. The Labute approximate surface area is 75.4 Å². The van der Waals surface area contributed by atoms with Crippen molar-refractivity contribution in [2.24, 2.45) is 0 Å². The average molecular weight is 194 g/mol. The molecule has 12 heavy (non-hydrogen) atoms. The molecule has 0 fully saturated rings. The third kappa shape index (κ3) is 12.3. The topological polar surface area (TPSA) is 37.3 Å². The summed E-state index contributed by atoms with van der Waals surface area (Å²) in [5, 5.41) is 7.35. The second kappa shape index (κ2) is 10.6. The summed E-state index contributed by atoms with van der Waals surface area (Å²) in [4.78, 5) is 8.99. The van der Waals surface area contributed by atoms with Crippen LogP contribution in [0.2, 0.25) is 18.1 Å². The lowest BCUT2D eigenvalue weighted by atomic mass is 10.8. The Hall–Kier alpha value is -0.383. The Morgan fingerprint density at radius 3 is 1.50 bits per heavy atom. The minimum Gasteiger partial charge on any atom is -0.479 e. The molecule has 4 heteroatoms. The fourth-order valence-electron chi connectivity index (χ4n) is 0.866. The molecule has 0 aromatic heterocycles. The van der Waals surface area contributed by atoms with Gasteiger partial charge in [0, 0.05) is 8.80 Å². The molecule has 0 radical (unpaired) electrons. The number of halogens is 1.